The Kier molecular flexibility index (Phi) is 3.55. The van der Waals surface area contributed by atoms with Gasteiger partial charge in [-0.1, -0.05) is 6.92 Å². The summed E-state index contributed by atoms with van der Waals surface area (Å²) in [5, 5.41) is 12.4. The molecule has 21 heavy (non-hydrogen) atoms. The van der Waals surface area contributed by atoms with Crippen LogP contribution < -0.4 is 10.1 Å². The first-order valence-electron chi connectivity index (χ1n) is 7.08. The molecule has 1 aromatic carbocycles. The molecule has 2 N–H and O–H groups in total. The van der Waals surface area contributed by atoms with Gasteiger partial charge in [0, 0.05) is 18.7 Å². The van der Waals surface area contributed by atoms with Crippen LogP contribution in [0, 0.1) is 5.92 Å². The van der Waals surface area contributed by atoms with Crippen molar-refractivity contribution in [3.8, 4) is 5.75 Å². The number of carbonyl (C=O) groups is 2. The molecule has 112 valence electrons. The van der Waals surface area contributed by atoms with Crippen LogP contribution in [-0.2, 0) is 4.79 Å². The van der Waals surface area contributed by atoms with Crippen LogP contribution in [0.15, 0.2) is 18.2 Å². The largest absolute Gasteiger partial charge is 0.482 e. The molecule has 0 aliphatic carbocycles. The summed E-state index contributed by atoms with van der Waals surface area (Å²) in [5.74, 6) is 0.343. The number of nitrogens with one attached hydrogen (secondary N) is 1. The number of fused-ring (bicyclic) bond motifs is 1. The van der Waals surface area contributed by atoms with Gasteiger partial charge in [0.25, 0.3) is 11.8 Å². The monoisotopic (exact) mass is 290 g/mol. The van der Waals surface area contributed by atoms with Gasteiger partial charge in [0.2, 0.25) is 0 Å². The zero-order valence-electron chi connectivity index (χ0n) is 11.8. The van der Waals surface area contributed by atoms with Crippen molar-refractivity contribution in [2.45, 2.75) is 19.4 Å². The van der Waals surface area contributed by atoms with E-state index in [2.05, 4.69) is 5.32 Å². The Morgan fingerprint density at radius 3 is 3.05 bits per heavy atom. The van der Waals surface area contributed by atoms with E-state index in [-0.39, 0.29) is 30.4 Å². The normalized spacial score (nSPS) is 24.9. The van der Waals surface area contributed by atoms with Crippen LogP contribution in [0.25, 0.3) is 0 Å². The van der Waals surface area contributed by atoms with Crippen molar-refractivity contribution < 1.29 is 19.4 Å². The van der Waals surface area contributed by atoms with E-state index in [4.69, 9.17) is 4.74 Å². The van der Waals surface area contributed by atoms with Gasteiger partial charge in [0.1, 0.15) is 5.75 Å². The number of hydrogen-bond donors (Lipinski definition) is 2. The highest BCUT2D eigenvalue weighted by Crippen LogP contribution is 2.29. The van der Waals surface area contributed by atoms with Crippen molar-refractivity contribution in [1.29, 1.82) is 0 Å². The van der Waals surface area contributed by atoms with Crippen LogP contribution in [-0.4, -0.2) is 47.6 Å². The number of anilines is 1. The van der Waals surface area contributed by atoms with E-state index < -0.39 is 0 Å². The fourth-order valence-electron chi connectivity index (χ4n) is 2.72. The van der Waals surface area contributed by atoms with Crippen molar-refractivity contribution in [2.24, 2.45) is 5.92 Å². The van der Waals surface area contributed by atoms with Crippen molar-refractivity contribution in [1.82, 2.24) is 4.90 Å². The van der Waals surface area contributed by atoms with E-state index in [1.54, 1.807) is 23.1 Å². The van der Waals surface area contributed by atoms with Crippen LogP contribution >= 0.6 is 0 Å². The maximum atomic E-state index is 12.5. The van der Waals surface area contributed by atoms with E-state index in [9.17, 15) is 14.7 Å². The number of aliphatic hydroxyl groups excluding tert-OH is 1. The number of carbonyl (C=O) groups excluding carboxylic acids is 2. The molecule has 0 radical (unpaired) electrons. The molecule has 0 saturated carbocycles. The first-order valence-corrected chi connectivity index (χ1v) is 7.08. The second-order valence-corrected chi connectivity index (χ2v) is 5.63. The Balaban J connectivity index is 1.79. The average Bonchev–Trinajstić information content (AvgIpc) is 2.48. The van der Waals surface area contributed by atoms with Crippen LogP contribution in [0.4, 0.5) is 5.69 Å². The summed E-state index contributed by atoms with van der Waals surface area (Å²) in [4.78, 5) is 25.6. The maximum absolute atomic E-state index is 12.5. The van der Waals surface area contributed by atoms with E-state index in [1.807, 2.05) is 6.92 Å². The summed E-state index contributed by atoms with van der Waals surface area (Å²) < 4.78 is 5.28. The quantitative estimate of drug-likeness (QED) is 0.804. The Morgan fingerprint density at radius 1 is 1.48 bits per heavy atom. The van der Waals surface area contributed by atoms with Crippen molar-refractivity contribution in [3.63, 3.8) is 0 Å². The number of aliphatic hydroxyl groups is 1. The number of amides is 2. The first kappa shape index (κ1) is 13.9. The minimum absolute atomic E-state index is 0.00181. The molecule has 0 aromatic heterocycles. The number of rotatable bonds is 1. The molecule has 2 aliphatic heterocycles. The molecular weight excluding hydrogens is 272 g/mol. The molecule has 1 saturated heterocycles. The fraction of sp³-hybridized carbons (Fsp3) is 0.467. The first-order chi connectivity index (χ1) is 10.0. The number of likely N-dealkylation sites (tertiary alicyclic amines) is 1. The van der Waals surface area contributed by atoms with Crippen molar-refractivity contribution in [2.75, 3.05) is 25.0 Å². The molecule has 1 aromatic rings. The van der Waals surface area contributed by atoms with Crippen LogP contribution in [0.3, 0.4) is 0 Å². The highest BCUT2D eigenvalue weighted by Gasteiger charge is 2.28. The summed E-state index contributed by atoms with van der Waals surface area (Å²) in [7, 11) is 0. The fourth-order valence-corrected chi connectivity index (χ4v) is 2.72. The lowest BCUT2D eigenvalue weighted by Crippen LogP contribution is -2.45. The molecule has 0 bridgehead atoms. The Bertz CT molecular complexity index is 587. The highest BCUT2D eigenvalue weighted by atomic mass is 16.5. The van der Waals surface area contributed by atoms with Crippen molar-refractivity contribution in [3.05, 3.63) is 23.8 Å². The number of nitrogens with zero attached hydrogens (tertiary/aromatic N) is 1. The summed E-state index contributed by atoms with van der Waals surface area (Å²) in [6, 6.07) is 5.04. The average molecular weight is 290 g/mol. The molecule has 2 amide bonds. The smallest absolute Gasteiger partial charge is 0.262 e. The Morgan fingerprint density at radius 2 is 2.29 bits per heavy atom. The molecule has 2 heterocycles. The number of piperidine rings is 1. The maximum Gasteiger partial charge on any atom is 0.262 e. The highest BCUT2D eigenvalue weighted by molar-refractivity contribution is 5.99. The zero-order chi connectivity index (χ0) is 15.0. The summed E-state index contributed by atoms with van der Waals surface area (Å²) >= 11 is 0. The standard InChI is InChI=1S/C15H18N2O4/c1-9-7-17(5-4-12(9)18)15(20)10-2-3-13-11(6-10)16-14(19)8-21-13/h2-3,6,9,12,18H,4-5,7-8H2,1H3,(H,16,19). The minimum atomic E-state index is -0.342. The molecule has 1 fully saturated rings. The van der Waals surface area contributed by atoms with Gasteiger partial charge in [-0.15, -0.1) is 0 Å². The third-order valence-electron chi connectivity index (χ3n) is 4.01. The van der Waals surface area contributed by atoms with Gasteiger partial charge in [0.05, 0.1) is 11.8 Å². The lowest BCUT2D eigenvalue weighted by molar-refractivity contribution is -0.118. The lowest BCUT2D eigenvalue weighted by Gasteiger charge is -2.34. The molecule has 3 rings (SSSR count). The van der Waals surface area contributed by atoms with Crippen LogP contribution in [0.2, 0.25) is 0 Å². The minimum Gasteiger partial charge on any atom is -0.482 e. The number of ether oxygens (including phenoxy) is 1. The van der Waals surface area contributed by atoms with Crippen LogP contribution in [0.5, 0.6) is 5.75 Å². The van der Waals surface area contributed by atoms with Gasteiger partial charge in [0.15, 0.2) is 6.61 Å². The predicted octanol–water partition coefficient (Wildman–Crippen LogP) is 0.860. The predicted molar refractivity (Wildman–Crippen MR) is 76.3 cm³/mol. The van der Waals surface area contributed by atoms with E-state index in [1.165, 1.54) is 0 Å². The Labute approximate surface area is 122 Å². The second kappa shape index (κ2) is 5.37. The topological polar surface area (TPSA) is 78.9 Å². The summed E-state index contributed by atoms with van der Waals surface area (Å²) in [6.07, 6.45) is 0.253. The number of benzene rings is 1. The third kappa shape index (κ3) is 2.71. The Hall–Kier alpha value is -2.08. The third-order valence-corrected chi connectivity index (χ3v) is 4.01. The number of hydrogen-bond acceptors (Lipinski definition) is 4. The second-order valence-electron chi connectivity index (χ2n) is 5.63. The van der Waals surface area contributed by atoms with Gasteiger partial charge >= 0.3 is 0 Å². The summed E-state index contributed by atoms with van der Waals surface area (Å²) in [6.45, 7) is 3.02. The van der Waals surface area contributed by atoms with E-state index in [0.717, 1.165) is 0 Å². The van der Waals surface area contributed by atoms with E-state index >= 15 is 0 Å². The van der Waals surface area contributed by atoms with Crippen molar-refractivity contribution >= 4 is 17.5 Å². The molecule has 2 atom stereocenters. The van der Waals surface area contributed by atoms with Gasteiger partial charge in [-0.3, -0.25) is 9.59 Å². The molecule has 6 heteroatoms. The molecule has 2 aliphatic rings. The lowest BCUT2D eigenvalue weighted by atomic mass is 9.96. The molecule has 6 nitrogen and oxygen atoms in total. The van der Waals surface area contributed by atoms with Gasteiger partial charge in [-0.05, 0) is 30.5 Å². The molecule has 0 spiro atoms. The molecule has 2 unspecified atom stereocenters. The van der Waals surface area contributed by atoms with Gasteiger partial charge < -0.3 is 20.1 Å². The van der Waals surface area contributed by atoms with Gasteiger partial charge in [-0.25, -0.2) is 0 Å². The summed E-state index contributed by atoms with van der Waals surface area (Å²) in [5.41, 5.74) is 1.05. The van der Waals surface area contributed by atoms with Gasteiger partial charge in [-0.2, -0.15) is 0 Å². The molecular formula is C15H18N2O4. The van der Waals surface area contributed by atoms with Crippen LogP contribution in [0.1, 0.15) is 23.7 Å². The SMILES string of the molecule is CC1CN(C(=O)c2ccc3c(c2)NC(=O)CO3)CCC1O. The zero-order valence-corrected chi connectivity index (χ0v) is 11.8. The van der Waals surface area contributed by atoms with E-state index in [0.29, 0.717) is 36.5 Å².